The fraction of sp³-hybridized carbons (Fsp3) is 0.556. The molecule has 6 nitrogen and oxygen atoms in total. The van der Waals surface area contributed by atoms with Gasteiger partial charge in [-0.15, -0.1) is 0 Å². The maximum atomic E-state index is 12.5. The van der Waals surface area contributed by atoms with Crippen molar-refractivity contribution in [3.8, 4) is 0 Å². The summed E-state index contributed by atoms with van der Waals surface area (Å²) in [7, 11) is 0. The number of hydrogen-bond donors (Lipinski definition) is 2. The highest BCUT2D eigenvalue weighted by Gasteiger charge is 2.29. The van der Waals surface area contributed by atoms with Crippen LogP contribution in [0.5, 0.6) is 0 Å². The second kappa shape index (κ2) is 8.04. The Morgan fingerprint density at radius 3 is 2.96 bits per heavy atom. The second-order valence-electron chi connectivity index (χ2n) is 6.38. The summed E-state index contributed by atoms with van der Waals surface area (Å²) in [4.78, 5) is 26.1. The molecule has 1 saturated heterocycles. The maximum Gasteiger partial charge on any atom is 0.315 e. The van der Waals surface area contributed by atoms with E-state index in [1.165, 1.54) is 25.0 Å². The van der Waals surface area contributed by atoms with Crippen LogP contribution in [0.25, 0.3) is 0 Å². The van der Waals surface area contributed by atoms with Gasteiger partial charge in [-0.25, -0.2) is 4.79 Å². The van der Waals surface area contributed by atoms with Gasteiger partial charge in [-0.1, -0.05) is 6.08 Å². The number of likely N-dealkylation sites (tertiary alicyclic amines) is 1. The number of urea groups is 1. The average molecular weight is 331 g/mol. The highest BCUT2D eigenvalue weighted by Crippen LogP contribution is 2.35. The Morgan fingerprint density at radius 2 is 2.12 bits per heavy atom. The molecular formula is C18H25N3O3. The molecule has 6 heteroatoms. The second-order valence-corrected chi connectivity index (χ2v) is 6.38. The number of nitrogens with zero attached hydrogens (tertiary/aromatic N) is 1. The fourth-order valence-corrected chi connectivity index (χ4v) is 3.51. The predicted molar refractivity (Wildman–Crippen MR) is 89.9 cm³/mol. The number of nitrogens with one attached hydrogen (secondary N) is 2. The van der Waals surface area contributed by atoms with Crippen LogP contribution >= 0.6 is 0 Å². The van der Waals surface area contributed by atoms with Crippen molar-refractivity contribution in [2.45, 2.75) is 45.1 Å². The number of rotatable bonds is 5. The van der Waals surface area contributed by atoms with Crippen LogP contribution in [0.1, 0.15) is 44.3 Å². The Bertz CT molecular complexity index is 595. The van der Waals surface area contributed by atoms with Crippen LogP contribution in [0, 0.1) is 5.92 Å². The van der Waals surface area contributed by atoms with Gasteiger partial charge in [-0.3, -0.25) is 4.79 Å². The number of carbonyl (C=O) groups excluding carboxylic acids is 2. The lowest BCUT2D eigenvalue weighted by Crippen LogP contribution is -2.41. The van der Waals surface area contributed by atoms with Crippen molar-refractivity contribution in [1.29, 1.82) is 0 Å². The van der Waals surface area contributed by atoms with E-state index in [2.05, 4.69) is 16.7 Å². The van der Waals surface area contributed by atoms with E-state index in [0.717, 1.165) is 19.4 Å². The summed E-state index contributed by atoms with van der Waals surface area (Å²) in [5.74, 6) is 1.37. The number of allylic oxidation sites excluding steroid dienone is 2. The number of fused-ring (bicyclic) bond motifs is 1. The van der Waals surface area contributed by atoms with Crippen molar-refractivity contribution in [2.24, 2.45) is 5.92 Å². The standard InChI is InChI=1S/C18H25N3O3/c22-17(21-11-3-6-14-5-1-2-8-16(14)21)9-10-19-18(23)20-13-15-7-4-12-24-15/h4,7-8,12,14H,1-3,5-6,9-11,13H2,(H2,19,20,23). The molecule has 1 unspecified atom stereocenters. The van der Waals surface area contributed by atoms with Crippen LogP contribution in [-0.4, -0.2) is 29.9 Å². The van der Waals surface area contributed by atoms with Crippen LogP contribution in [-0.2, 0) is 11.3 Å². The van der Waals surface area contributed by atoms with Gasteiger partial charge in [0, 0.05) is 25.2 Å². The van der Waals surface area contributed by atoms with Crippen molar-refractivity contribution < 1.29 is 14.0 Å². The first kappa shape index (κ1) is 16.6. The molecule has 24 heavy (non-hydrogen) atoms. The molecule has 0 aromatic carbocycles. The number of amides is 3. The summed E-state index contributed by atoms with van der Waals surface area (Å²) in [6.45, 7) is 1.50. The van der Waals surface area contributed by atoms with E-state index < -0.39 is 0 Å². The fourth-order valence-electron chi connectivity index (χ4n) is 3.51. The lowest BCUT2D eigenvalue weighted by atomic mass is 9.85. The molecule has 130 valence electrons. The molecule has 2 heterocycles. The van der Waals surface area contributed by atoms with Gasteiger partial charge < -0.3 is 20.0 Å². The first-order valence-electron chi connectivity index (χ1n) is 8.78. The Hall–Kier alpha value is -2.24. The van der Waals surface area contributed by atoms with E-state index in [0.29, 0.717) is 31.2 Å². The van der Waals surface area contributed by atoms with Gasteiger partial charge in [0.1, 0.15) is 5.76 Å². The van der Waals surface area contributed by atoms with Gasteiger partial charge >= 0.3 is 6.03 Å². The highest BCUT2D eigenvalue weighted by atomic mass is 16.3. The van der Waals surface area contributed by atoms with Crippen molar-refractivity contribution >= 4 is 11.9 Å². The van der Waals surface area contributed by atoms with Gasteiger partial charge in [-0.2, -0.15) is 0 Å². The van der Waals surface area contributed by atoms with Crippen molar-refractivity contribution in [2.75, 3.05) is 13.1 Å². The zero-order valence-electron chi connectivity index (χ0n) is 13.9. The van der Waals surface area contributed by atoms with E-state index in [9.17, 15) is 9.59 Å². The monoisotopic (exact) mass is 331 g/mol. The third kappa shape index (κ3) is 4.19. The summed E-state index contributed by atoms with van der Waals surface area (Å²) in [5, 5.41) is 5.43. The van der Waals surface area contributed by atoms with E-state index in [-0.39, 0.29) is 11.9 Å². The minimum atomic E-state index is -0.285. The average Bonchev–Trinajstić information content (AvgIpc) is 3.13. The van der Waals surface area contributed by atoms with Crippen LogP contribution in [0.15, 0.2) is 34.6 Å². The van der Waals surface area contributed by atoms with Gasteiger partial charge in [0.25, 0.3) is 0 Å². The first-order valence-corrected chi connectivity index (χ1v) is 8.78. The van der Waals surface area contributed by atoms with Gasteiger partial charge in [0.2, 0.25) is 5.91 Å². The van der Waals surface area contributed by atoms with Gasteiger partial charge in [0.15, 0.2) is 0 Å². The molecule has 3 rings (SSSR count). The Balaban J connectivity index is 1.40. The Kier molecular flexibility index (Phi) is 5.56. The molecule has 1 aliphatic carbocycles. The minimum absolute atomic E-state index is 0.110. The summed E-state index contributed by atoms with van der Waals surface area (Å²) in [5.41, 5.74) is 1.22. The molecule has 1 aromatic heterocycles. The smallest absolute Gasteiger partial charge is 0.315 e. The molecule has 3 amide bonds. The molecule has 1 fully saturated rings. The van der Waals surface area contributed by atoms with Crippen molar-refractivity contribution in [3.63, 3.8) is 0 Å². The topological polar surface area (TPSA) is 74.6 Å². The molecule has 1 atom stereocenters. The largest absolute Gasteiger partial charge is 0.467 e. The number of furan rings is 1. The summed E-state index contributed by atoms with van der Waals surface area (Å²) < 4.78 is 5.15. The molecule has 0 radical (unpaired) electrons. The van der Waals surface area contributed by atoms with Crippen LogP contribution < -0.4 is 10.6 Å². The molecule has 1 aliphatic heterocycles. The molecule has 0 saturated carbocycles. The van der Waals surface area contributed by atoms with Crippen molar-refractivity contribution in [1.82, 2.24) is 15.5 Å². The first-order chi connectivity index (χ1) is 11.7. The molecular weight excluding hydrogens is 306 g/mol. The summed E-state index contributed by atoms with van der Waals surface area (Å²) >= 11 is 0. The highest BCUT2D eigenvalue weighted by molar-refractivity contribution is 5.80. The summed E-state index contributed by atoms with van der Waals surface area (Å²) in [6, 6.07) is 3.29. The van der Waals surface area contributed by atoms with Crippen molar-refractivity contribution in [3.05, 3.63) is 35.9 Å². The van der Waals surface area contributed by atoms with E-state index in [4.69, 9.17) is 4.42 Å². The van der Waals surface area contributed by atoms with Gasteiger partial charge in [-0.05, 0) is 50.2 Å². The number of piperidine rings is 1. The number of carbonyl (C=O) groups is 2. The molecule has 0 bridgehead atoms. The lowest BCUT2D eigenvalue weighted by molar-refractivity contribution is -0.130. The van der Waals surface area contributed by atoms with E-state index in [1.54, 1.807) is 18.4 Å². The van der Waals surface area contributed by atoms with Crippen LogP contribution in [0.4, 0.5) is 4.79 Å². The zero-order valence-corrected chi connectivity index (χ0v) is 13.9. The number of hydrogen-bond acceptors (Lipinski definition) is 3. The molecule has 2 aliphatic rings. The molecule has 0 spiro atoms. The lowest BCUT2D eigenvalue weighted by Gasteiger charge is -2.38. The SMILES string of the molecule is O=C(NCCC(=O)N1CCCC2CCCC=C21)NCc1ccco1. The normalized spacial score (nSPS) is 20.1. The summed E-state index contributed by atoms with van der Waals surface area (Å²) in [6.07, 6.45) is 9.90. The minimum Gasteiger partial charge on any atom is -0.467 e. The molecule has 2 N–H and O–H groups in total. The third-order valence-corrected chi connectivity index (χ3v) is 4.70. The predicted octanol–water partition coefficient (Wildman–Crippen LogP) is 2.78. The third-order valence-electron chi connectivity index (χ3n) is 4.70. The zero-order chi connectivity index (χ0) is 16.8. The van der Waals surface area contributed by atoms with E-state index in [1.807, 2.05) is 4.90 Å². The molecule has 1 aromatic rings. The van der Waals surface area contributed by atoms with Crippen LogP contribution in [0.2, 0.25) is 0 Å². The quantitative estimate of drug-likeness (QED) is 0.871. The van der Waals surface area contributed by atoms with Crippen LogP contribution in [0.3, 0.4) is 0 Å². The Morgan fingerprint density at radius 1 is 1.25 bits per heavy atom. The van der Waals surface area contributed by atoms with E-state index >= 15 is 0 Å². The Labute approximate surface area is 142 Å². The van der Waals surface area contributed by atoms with Gasteiger partial charge in [0.05, 0.1) is 12.8 Å². The maximum absolute atomic E-state index is 12.5.